The molecule has 8 heteroatoms. The molecule has 0 bridgehead atoms. The smallest absolute Gasteiger partial charge is 0.289 e. The van der Waals surface area contributed by atoms with Crippen LogP contribution in [0.25, 0.3) is 0 Å². The largest absolute Gasteiger partial charge is 0.494 e. The van der Waals surface area contributed by atoms with Gasteiger partial charge in [0.05, 0.1) is 11.5 Å². The van der Waals surface area contributed by atoms with Crippen molar-refractivity contribution in [3.8, 4) is 5.75 Å². The number of para-hydroxylation sites is 1. The maximum atomic E-state index is 12.6. The minimum absolute atomic E-state index is 0.0980. The van der Waals surface area contributed by atoms with Gasteiger partial charge >= 0.3 is 0 Å². The summed E-state index contributed by atoms with van der Waals surface area (Å²) in [6.45, 7) is 2.52. The maximum absolute atomic E-state index is 12.6. The van der Waals surface area contributed by atoms with E-state index in [0.29, 0.717) is 12.4 Å². The standard InChI is InChI=1S/C16H18N2O5S/c1-3-23-14-10-8-13(9-11-14)12-17(2)24(21,22)16-7-5-4-6-15(16)18(19)20/h4-11H,3,12H2,1-2H3. The van der Waals surface area contributed by atoms with Gasteiger partial charge in [0, 0.05) is 19.7 Å². The van der Waals surface area contributed by atoms with Crippen LogP contribution in [0.1, 0.15) is 12.5 Å². The van der Waals surface area contributed by atoms with Crippen molar-refractivity contribution in [2.75, 3.05) is 13.7 Å². The second kappa shape index (κ2) is 7.41. The molecular weight excluding hydrogens is 332 g/mol. The summed E-state index contributed by atoms with van der Waals surface area (Å²) in [4.78, 5) is 10.0. The van der Waals surface area contributed by atoms with E-state index >= 15 is 0 Å². The zero-order valence-corrected chi connectivity index (χ0v) is 14.2. The number of nitrogens with zero attached hydrogens (tertiary/aromatic N) is 2. The third-order valence-electron chi connectivity index (χ3n) is 3.39. The van der Waals surface area contributed by atoms with E-state index < -0.39 is 20.6 Å². The number of hydrogen-bond acceptors (Lipinski definition) is 5. The molecule has 2 rings (SSSR count). The van der Waals surface area contributed by atoms with Crippen LogP contribution < -0.4 is 4.74 Å². The van der Waals surface area contributed by atoms with Crippen LogP contribution in [-0.4, -0.2) is 31.3 Å². The van der Waals surface area contributed by atoms with Crippen LogP contribution in [0.3, 0.4) is 0 Å². The highest BCUT2D eigenvalue weighted by atomic mass is 32.2. The number of benzene rings is 2. The lowest BCUT2D eigenvalue weighted by atomic mass is 10.2. The van der Waals surface area contributed by atoms with Gasteiger partial charge in [-0.1, -0.05) is 24.3 Å². The van der Waals surface area contributed by atoms with Gasteiger partial charge in [-0.3, -0.25) is 10.1 Å². The molecule has 24 heavy (non-hydrogen) atoms. The topological polar surface area (TPSA) is 89.8 Å². The van der Waals surface area contributed by atoms with Gasteiger partial charge in [0.25, 0.3) is 5.69 Å². The lowest BCUT2D eigenvalue weighted by Gasteiger charge is -2.17. The Morgan fingerprint density at radius 3 is 2.33 bits per heavy atom. The molecule has 0 fully saturated rings. The van der Waals surface area contributed by atoms with E-state index in [1.807, 2.05) is 6.92 Å². The van der Waals surface area contributed by atoms with Crippen LogP contribution in [-0.2, 0) is 16.6 Å². The van der Waals surface area contributed by atoms with Gasteiger partial charge < -0.3 is 4.74 Å². The van der Waals surface area contributed by atoms with Gasteiger partial charge in [-0.15, -0.1) is 0 Å². The van der Waals surface area contributed by atoms with Gasteiger partial charge in [-0.05, 0) is 30.7 Å². The molecule has 0 saturated carbocycles. The first-order valence-corrected chi connectivity index (χ1v) is 8.71. The first kappa shape index (κ1) is 17.9. The first-order valence-electron chi connectivity index (χ1n) is 7.27. The fraction of sp³-hybridized carbons (Fsp3) is 0.250. The number of hydrogen-bond donors (Lipinski definition) is 0. The predicted molar refractivity (Wildman–Crippen MR) is 89.4 cm³/mol. The van der Waals surface area contributed by atoms with E-state index in [-0.39, 0.29) is 11.4 Å². The molecule has 0 N–H and O–H groups in total. The average molecular weight is 350 g/mol. The molecule has 0 radical (unpaired) electrons. The number of sulfonamides is 1. The highest BCUT2D eigenvalue weighted by Gasteiger charge is 2.29. The van der Waals surface area contributed by atoms with Crippen molar-refractivity contribution in [3.05, 3.63) is 64.2 Å². The third kappa shape index (κ3) is 3.90. The Morgan fingerprint density at radius 2 is 1.75 bits per heavy atom. The Kier molecular flexibility index (Phi) is 5.53. The summed E-state index contributed by atoms with van der Waals surface area (Å²) >= 11 is 0. The lowest BCUT2D eigenvalue weighted by Crippen LogP contribution is -2.27. The summed E-state index contributed by atoms with van der Waals surface area (Å²) in [6.07, 6.45) is 0. The molecule has 7 nitrogen and oxygen atoms in total. The number of rotatable bonds is 7. The van der Waals surface area contributed by atoms with Gasteiger partial charge in [0.15, 0.2) is 4.90 Å². The molecule has 0 aromatic heterocycles. The molecule has 2 aromatic carbocycles. The average Bonchev–Trinajstić information content (AvgIpc) is 2.56. The van der Waals surface area contributed by atoms with E-state index in [9.17, 15) is 18.5 Å². The van der Waals surface area contributed by atoms with E-state index in [1.54, 1.807) is 24.3 Å². The summed E-state index contributed by atoms with van der Waals surface area (Å²) in [5, 5.41) is 11.1. The molecule has 0 aliphatic rings. The molecule has 0 spiro atoms. The van der Waals surface area contributed by atoms with Crippen molar-refractivity contribution < 1.29 is 18.1 Å². The van der Waals surface area contributed by atoms with E-state index in [2.05, 4.69) is 0 Å². The minimum Gasteiger partial charge on any atom is -0.494 e. The molecule has 0 atom stereocenters. The number of nitro groups is 1. The van der Waals surface area contributed by atoms with Gasteiger partial charge in [-0.2, -0.15) is 4.31 Å². The third-order valence-corrected chi connectivity index (χ3v) is 5.24. The van der Waals surface area contributed by atoms with Crippen molar-refractivity contribution in [1.82, 2.24) is 4.31 Å². The van der Waals surface area contributed by atoms with Crippen LogP contribution in [0.15, 0.2) is 53.4 Å². The van der Waals surface area contributed by atoms with Crippen molar-refractivity contribution in [3.63, 3.8) is 0 Å². The second-order valence-corrected chi connectivity index (χ2v) is 7.08. The Labute approximate surface area is 140 Å². The Morgan fingerprint density at radius 1 is 1.12 bits per heavy atom. The summed E-state index contributed by atoms with van der Waals surface area (Å²) < 4.78 is 31.7. The SMILES string of the molecule is CCOc1ccc(CN(C)S(=O)(=O)c2ccccc2[N+](=O)[O-])cc1. The van der Waals surface area contributed by atoms with Crippen LogP contribution >= 0.6 is 0 Å². The summed E-state index contributed by atoms with van der Waals surface area (Å²) in [5.41, 5.74) is 0.319. The van der Waals surface area contributed by atoms with Crippen LogP contribution in [0.2, 0.25) is 0 Å². The predicted octanol–water partition coefficient (Wildman–Crippen LogP) is 2.81. The van der Waals surface area contributed by atoms with Gasteiger partial charge in [-0.25, -0.2) is 8.42 Å². The zero-order valence-electron chi connectivity index (χ0n) is 13.4. The first-order chi connectivity index (χ1) is 11.4. The Bertz CT molecular complexity index is 819. The Balaban J connectivity index is 2.25. The van der Waals surface area contributed by atoms with Crippen molar-refractivity contribution in [2.24, 2.45) is 0 Å². The normalized spacial score (nSPS) is 11.5. The monoisotopic (exact) mass is 350 g/mol. The molecule has 0 saturated heterocycles. The van der Waals surface area contributed by atoms with Crippen molar-refractivity contribution in [1.29, 1.82) is 0 Å². The molecule has 2 aromatic rings. The fourth-order valence-corrected chi connectivity index (χ4v) is 3.51. The van der Waals surface area contributed by atoms with Crippen molar-refractivity contribution in [2.45, 2.75) is 18.4 Å². The van der Waals surface area contributed by atoms with Crippen LogP contribution in [0, 0.1) is 10.1 Å². The molecule has 128 valence electrons. The Hall–Kier alpha value is -2.45. The molecule has 0 unspecified atom stereocenters. The summed E-state index contributed by atoms with van der Waals surface area (Å²) in [5.74, 6) is 0.699. The molecule has 0 heterocycles. The van der Waals surface area contributed by atoms with E-state index in [4.69, 9.17) is 4.74 Å². The van der Waals surface area contributed by atoms with Crippen molar-refractivity contribution >= 4 is 15.7 Å². The lowest BCUT2D eigenvalue weighted by molar-refractivity contribution is -0.387. The fourth-order valence-electron chi connectivity index (χ4n) is 2.19. The maximum Gasteiger partial charge on any atom is 0.289 e. The highest BCUT2D eigenvalue weighted by Crippen LogP contribution is 2.26. The molecule has 0 amide bonds. The van der Waals surface area contributed by atoms with Crippen LogP contribution in [0.5, 0.6) is 5.75 Å². The number of ether oxygens (including phenoxy) is 1. The quantitative estimate of drug-likeness (QED) is 0.566. The molecule has 0 aliphatic heterocycles. The summed E-state index contributed by atoms with van der Waals surface area (Å²) in [7, 11) is -2.58. The van der Waals surface area contributed by atoms with Crippen LogP contribution in [0.4, 0.5) is 5.69 Å². The molecule has 0 aliphatic carbocycles. The molecular formula is C16H18N2O5S. The van der Waals surface area contributed by atoms with Gasteiger partial charge in [0.2, 0.25) is 10.0 Å². The van der Waals surface area contributed by atoms with Gasteiger partial charge in [0.1, 0.15) is 5.75 Å². The van der Waals surface area contributed by atoms with E-state index in [0.717, 1.165) is 9.87 Å². The highest BCUT2D eigenvalue weighted by molar-refractivity contribution is 7.89. The zero-order chi connectivity index (χ0) is 17.7. The van der Waals surface area contributed by atoms with E-state index in [1.165, 1.54) is 31.3 Å². The second-order valence-electron chi connectivity index (χ2n) is 5.06. The minimum atomic E-state index is -3.97. The summed E-state index contributed by atoms with van der Waals surface area (Å²) in [6, 6.07) is 12.3. The number of nitro benzene ring substituents is 1.